The van der Waals surface area contributed by atoms with E-state index in [1.807, 2.05) is 41.3 Å². The average molecular weight is 484 g/mol. The Morgan fingerprint density at radius 3 is 2.35 bits per heavy atom. The molecule has 7 nitrogen and oxygen atoms in total. The van der Waals surface area contributed by atoms with E-state index in [4.69, 9.17) is 25.8 Å². The number of methoxy groups -OCH3 is 3. The summed E-state index contributed by atoms with van der Waals surface area (Å²) in [5, 5.41) is 0.288. The summed E-state index contributed by atoms with van der Waals surface area (Å²) in [6, 6.07) is 16.7. The van der Waals surface area contributed by atoms with Gasteiger partial charge in [-0.05, 0) is 54.8 Å². The van der Waals surface area contributed by atoms with Crippen molar-refractivity contribution in [1.82, 2.24) is 14.9 Å². The minimum absolute atomic E-state index is 0.0400. The van der Waals surface area contributed by atoms with Gasteiger partial charge in [0.2, 0.25) is 0 Å². The Morgan fingerprint density at radius 1 is 0.971 bits per heavy atom. The molecule has 8 heteroatoms. The topological polar surface area (TPSA) is 73.8 Å². The van der Waals surface area contributed by atoms with Crippen molar-refractivity contribution in [1.29, 1.82) is 0 Å². The van der Waals surface area contributed by atoms with E-state index >= 15 is 0 Å². The zero-order valence-corrected chi connectivity index (χ0v) is 20.7. The number of ether oxygens (including phenoxy) is 3. The van der Waals surface area contributed by atoms with E-state index in [2.05, 4.69) is 16.9 Å². The van der Waals surface area contributed by atoms with Gasteiger partial charge in [-0.15, -0.1) is 0 Å². The molecule has 2 heterocycles. The van der Waals surface area contributed by atoms with Gasteiger partial charge in [0.25, 0.3) is 11.8 Å². The molecule has 0 N–H and O–H groups in total. The molecule has 1 amide bonds. The highest BCUT2D eigenvalue weighted by atomic mass is 35.5. The lowest BCUT2D eigenvalue weighted by molar-refractivity contribution is 0.0667. The molecular weight excluding hydrogens is 454 g/mol. The maximum atomic E-state index is 13.6. The molecule has 0 aliphatic carbocycles. The number of halogens is 1. The predicted octanol–water partition coefficient (Wildman–Crippen LogP) is 4.86. The molecule has 1 aromatic carbocycles. The predicted molar refractivity (Wildman–Crippen MR) is 132 cm³/mol. The summed E-state index contributed by atoms with van der Waals surface area (Å²) >= 11 is 6.07. The molecule has 0 bridgehead atoms. The first-order valence-electron chi connectivity index (χ1n) is 11.1. The average Bonchev–Trinajstić information content (AvgIpc) is 2.88. The van der Waals surface area contributed by atoms with Gasteiger partial charge in [0, 0.05) is 24.7 Å². The first-order chi connectivity index (χ1) is 16.5. The van der Waals surface area contributed by atoms with Crippen LogP contribution in [0.5, 0.6) is 17.4 Å². The molecule has 34 heavy (non-hydrogen) atoms. The number of hydrogen-bond donors (Lipinski definition) is 0. The van der Waals surface area contributed by atoms with Crippen molar-refractivity contribution >= 4 is 17.5 Å². The van der Waals surface area contributed by atoms with Gasteiger partial charge >= 0.3 is 0 Å². The molecule has 0 saturated carbocycles. The summed E-state index contributed by atoms with van der Waals surface area (Å²) in [6.07, 6.45) is 2.02. The molecule has 1 unspecified atom stereocenters. The minimum atomic E-state index is -0.164. The van der Waals surface area contributed by atoms with E-state index in [-0.39, 0.29) is 17.1 Å². The van der Waals surface area contributed by atoms with E-state index in [0.29, 0.717) is 36.7 Å². The smallest absolute Gasteiger partial charge is 0.272 e. The van der Waals surface area contributed by atoms with Crippen LogP contribution in [-0.4, -0.2) is 54.7 Å². The van der Waals surface area contributed by atoms with Crippen LogP contribution in [0.15, 0.2) is 54.6 Å². The highest BCUT2D eigenvalue weighted by molar-refractivity contribution is 6.29. The lowest BCUT2D eigenvalue weighted by atomic mass is 10.0. The number of rotatable bonds is 11. The molecular formula is C26H30ClN3O4. The zero-order chi connectivity index (χ0) is 24.5. The second-order valence-electron chi connectivity index (χ2n) is 7.72. The Kier molecular flexibility index (Phi) is 9.10. The maximum Gasteiger partial charge on any atom is 0.272 e. The van der Waals surface area contributed by atoms with Crippen molar-refractivity contribution in [3.05, 3.63) is 76.7 Å². The molecule has 180 valence electrons. The summed E-state index contributed by atoms with van der Waals surface area (Å²) in [5.74, 6) is 1.61. The number of aromatic nitrogens is 2. The van der Waals surface area contributed by atoms with Crippen molar-refractivity contribution in [2.24, 2.45) is 0 Å². The summed E-state index contributed by atoms with van der Waals surface area (Å²) in [4.78, 5) is 24.2. The van der Waals surface area contributed by atoms with E-state index in [1.54, 1.807) is 39.5 Å². The van der Waals surface area contributed by atoms with Gasteiger partial charge in [0.1, 0.15) is 16.6 Å². The third kappa shape index (κ3) is 6.38. The molecule has 0 aliphatic heterocycles. The largest absolute Gasteiger partial charge is 0.497 e. The number of benzene rings is 1. The van der Waals surface area contributed by atoms with Gasteiger partial charge < -0.3 is 19.1 Å². The van der Waals surface area contributed by atoms with Crippen LogP contribution in [0.3, 0.4) is 0 Å². The fraction of sp³-hybridized carbons (Fsp3) is 0.346. The van der Waals surface area contributed by atoms with E-state index in [9.17, 15) is 4.79 Å². The van der Waals surface area contributed by atoms with Crippen LogP contribution >= 0.6 is 11.6 Å². The quantitative estimate of drug-likeness (QED) is 0.362. The highest BCUT2D eigenvalue weighted by Crippen LogP contribution is 2.25. The standard InChI is InChI=1S/C26H30ClN3O4/c1-5-20(17-18-9-12-21(32-2)13-10-18)30(26(31)22-7-6-8-24(27)29-22)16-15-19-11-14-23(33-3)25(28-19)34-4/h6-14,20H,5,15-17H2,1-4H3. The van der Waals surface area contributed by atoms with Crippen LogP contribution in [0.25, 0.3) is 0 Å². The number of pyridine rings is 2. The third-order valence-electron chi connectivity index (χ3n) is 5.64. The number of amides is 1. The number of carbonyl (C=O) groups excluding carboxylic acids is 1. The Bertz CT molecular complexity index is 1090. The molecule has 0 fully saturated rings. The first kappa shape index (κ1) is 25.3. The van der Waals surface area contributed by atoms with Crippen LogP contribution in [0, 0.1) is 0 Å². The summed E-state index contributed by atoms with van der Waals surface area (Å²) in [7, 11) is 4.77. The normalized spacial score (nSPS) is 11.6. The molecule has 3 rings (SSSR count). The van der Waals surface area contributed by atoms with Crippen molar-refractivity contribution in [2.45, 2.75) is 32.2 Å². The molecule has 3 aromatic rings. The summed E-state index contributed by atoms with van der Waals surface area (Å²) < 4.78 is 15.9. The Hall–Kier alpha value is -3.32. The lowest BCUT2D eigenvalue weighted by Gasteiger charge is -2.31. The van der Waals surface area contributed by atoms with E-state index < -0.39 is 0 Å². The monoisotopic (exact) mass is 483 g/mol. The molecule has 0 radical (unpaired) electrons. The molecule has 0 aliphatic rings. The number of carbonyl (C=O) groups is 1. The number of nitrogens with zero attached hydrogens (tertiary/aromatic N) is 3. The fourth-order valence-corrected chi connectivity index (χ4v) is 3.94. The Balaban J connectivity index is 1.86. The van der Waals surface area contributed by atoms with Gasteiger partial charge in [-0.3, -0.25) is 4.79 Å². The third-order valence-corrected chi connectivity index (χ3v) is 5.85. The van der Waals surface area contributed by atoms with Crippen LogP contribution < -0.4 is 14.2 Å². The van der Waals surface area contributed by atoms with Gasteiger partial charge in [0.15, 0.2) is 5.75 Å². The molecule has 1 atom stereocenters. The summed E-state index contributed by atoms with van der Waals surface area (Å²) in [5.41, 5.74) is 2.24. The van der Waals surface area contributed by atoms with Crippen LogP contribution in [0.2, 0.25) is 5.15 Å². The minimum Gasteiger partial charge on any atom is -0.497 e. The zero-order valence-electron chi connectivity index (χ0n) is 20.0. The van der Waals surface area contributed by atoms with Crippen molar-refractivity contribution in [3.8, 4) is 17.4 Å². The Labute approximate surface area is 205 Å². The highest BCUT2D eigenvalue weighted by Gasteiger charge is 2.25. The van der Waals surface area contributed by atoms with Gasteiger partial charge in [-0.1, -0.05) is 36.7 Å². The second kappa shape index (κ2) is 12.2. The van der Waals surface area contributed by atoms with Crippen molar-refractivity contribution < 1.29 is 19.0 Å². The van der Waals surface area contributed by atoms with E-state index in [1.165, 1.54) is 0 Å². The fourth-order valence-electron chi connectivity index (χ4n) is 3.77. The van der Waals surface area contributed by atoms with Gasteiger partial charge in [0.05, 0.1) is 21.3 Å². The molecule has 0 spiro atoms. The van der Waals surface area contributed by atoms with E-state index in [0.717, 1.165) is 23.4 Å². The second-order valence-corrected chi connectivity index (χ2v) is 8.11. The van der Waals surface area contributed by atoms with Gasteiger partial charge in [-0.2, -0.15) is 0 Å². The number of hydrogen-bond acceptors (Lipinski definition) is 6. The Morgan fingerprint density at radius 2 is 1.74 bits per heavy atom. The van der Waals surface area contributed by atoms with Crippen LogP contribution in [-0.2, 0) is 12.8 Å². The van der Waals surface area contributed by atoms with Crippen LogP contribution in [0.4, 0.5) is 0 Å². The van der Waals surface area contributed by atoms with Crippen molar-refractivity contribution in [3.63, 3.8) is 0 Å². The maximum absolute atomic E-state index is 13.6. The lowest BCUT2D eigenvalue weighted by Crippen LogP contribution is -2.43. The summed E-state index contributed by atoms with van der Waals surface area (Å²) in [6.45, 7) is 2.54. The van der Waals surface area contributed by atoms with Gasteiger partial charge in [-0.25, -0.2) is 9.97 Å². The first-order valence-corrected chi connectivity index (χ1v) is 11.5. The molecule has 2 aromatic heterocycles. The van der Waals surface area contributed by atoms with Crippen LogP contribution in [0.1, 0.15) is 35.1 Å². The SMILES string of the molecule is CCC(Cc1ccc(OC)cc1)N(CCc1ccc(OC)c(OC)n1)C(=O)c1cccc(Cl)n1. The van der Waals surface area contributed by atoms with Crippen molar-refractivity contribution in [2.75, 3.05) is 27.9 Å². The molecule has 0 saturated heterocycles.